The van der Waals surface area contributed by atoms with Gasteiger partial charge in [-0.2, -0.15) is 0 Å². The first kappa shape index (κ1) is 19.9. The van der Waals surface area contributed by atoms with Crippen molar-refractivity contribution in [2.45, 2.75) is 78.2 Å². The van der Waals surface area contributed by atoms with E-state index in [1.165, 1.54) is 74.7 Å². The molecule has 1 aromatic rings. The molecule has 0 atom stereocenters. The minimum Gasteiger partial charge on any atom is -0.299 e. The van der Waals surface area contributed by atoms with Crippen LogP contribution in [0.2, 0.25) is 0 Å². The van der Waals surface area contributed by atoms with E-state index in [-0.39, 0.29) is 6.67 Å². The fraction of sp³-hybridized carbons (Fsp3) is 0.750. The van der Waals surface area contributed by atoms with Crippen molar-refractivity contribution in [1.29, 1.82) is 0 Å². The molecule has 0 spiro atoms. The summed E-state index contributed by atoms with van der Waals surface area (Å²) < 4.78 is 12.9. The summed E-state index contributed by atoms with van der Waals surface area (Å²) in [6.07, 6.45) is 11.7. The Bertz CT molecular complexity index is 541. The third-order valence-electron chi connectivity index (χ3n) is 6.83. The first-order valence-corrected chi connectivity index (χ1v) is 11.0. The first-order chi connectivity index (χ1) is 12.6. The van der Waals surface area contributed by atoms with Gasteiger partial charge in [-0.15, -0.1) is 0 Å². The molecule has 1 aromatic carbocycles. The van der Waals surface area contributed by atoms with Crippen molar-refractivity contribution >= 4 is 0 Å². The lowest BCUT2D eigenvalue weighted by Crippen LogP contribution is -2.35. The summed E-state index contributed by atoms with van der Waals surface area (Å²) in [5.74, 6) is 2.00. The van der Waals surface area contributed by atoms with Gasteiger partial charge in [0.25, 0.3) is 0 Å². The van der Waals surface area contributed by atoms with E-state index < -0.39 is 0 Å². The van der Waals surface area contributed by atoms with E-state index in [0.29, 0.717) is 5.92 Å². The lowest BCUT2D eigenvalue weighted by Gasteiger charge is -2.35. The number of rotatable bonds is 7. The van der Waals surface area contributed by atoms with Crippen molar-refractivity contribution in [2.24, 2.45) is 17.8 Å². The summed E-state index contributed by atoms with van der Waals surface area (Å²) >= 11 is 0. The predicted octanol–water partition coefficient (Wildman–Crippen LogP) is 6.46. The van der Waals surface area contributed by atoms with Crippen molar-refractivity contribution < 1.29 is 4.39 Å². The van der Waals surface area contributed by atoms with Crippen molar-refractivity contribution in [3.63, 3.8) is 0 Å². The van der Waals surface area contributed by atoms with Gasteiger partial charge in [-0.3, -0.25) is 9.29 Å². The molecule has 2 aliphatic carbocycles. The molecule has 0 saturated heterocycles. The topological polar surface area (TPSA) is 3.24 Å². The highest BCUT2D eigenvalue weighted by Gasteiger charge is 2.25. The molecule has 1 nitrogen and oxygen atoms in total. The molecule has 0 amide bonds. The van der Waals surface area contributed by atoms with E-state index in [2.05, 4.69) is 36.9 Å². The Kier molecular flexibility index (Phi) is 7.54. The fourth-order valence-corrected chi connectivity index (χ4v) is 5.14. The zero-order valence-electron chi connectivity index (χ0n) is 17.0. The van der Waals surface area contributed by atoms with Gasteiger partial charge in [0, 0.05) is 19.6 Å². The molecule has 3 rings (SSSR count). The van der Waals surface area contributed by atoms with Gasteiger partial charge in [0.05, 0.1) is 6.67 Å². The Balaban J connectivity index is 1.62. The van der Waals surface area contributed by atoms with Crippen molar-refractivity contribution in [2.75, 3.05) is 19.8 Å². The summed E-state index contributed by atoms with van der Waals surface area (Å²) in [5.41, 5.74) is 4.28. The number of aryl methyl sites for hydroxylation is 2. The van der Waals surface area contributed by atoms with E-state index in [1.54, 1.807) is 0 Å². The van der Waals surface area contributed by atoms with E-state index in [1.807, 2.05) is 0 Å². The van der Waals surface area contributed by atoms with Crippen molar-refractivity contribution in [3.05, 3.63) is 34.9 Å². The highest BCUT2D eigenvalue weighted by atomic mass is 19.1. The maximum Gasteiger partial charge on any atom is 0.0922 e. The smallest absolute Gasteiger partial charge is 0.0922 e. The van der Waals surface area contributed by atoms with Crippen LogP contribution in [-0.4, -0.2) is 24.7 Å². The standard InChI is InChI=1S/C24H38FN/c1-19-8-13-24(20(2)14-19)18-26(16-22-6-4-3-5-7-22)17-23-11-9-21(15-25)10-12-23/h8,13-14,21-23H,3-7,9-12,15-18H2,1-2H3. The Morgan fingerprint density at radius 2 is 1.46 bits per heavy atom. The number of benzene rings is 1. The highest BCUT2D eigenvalue weighted by molar-refractivity contribution is 5.30. The van der Waals surface area contributed by atoms with Crippen LogP contribution in [0.4, 0.5) is 4.39 Å². The van der Waals surface area contributed by atoms with Gasteiger partial charge in [-0.05, 0) is 81.3 Å². The van der Waals surface area contributed by atoms with Gasteiger partial charge >= 0.3 is 0 Å². The summed E-state index contributed by atoms with van der Waals surface area (Å²) in [6.45, 7) is 7.89. The van der Waals surface area contributed by atoms with Gasteiger partial charge in [-0.25, -0.2) is 0 Å². The van der Waals surface area contributed by atoms with Crippen LogP contribution in [0.3, 0.4) is 0 Å². The third-order valence-corrected chi connectivity index (χ3v) is 6.83. The average Bonchev–Trinajstić information content (AvgIpc) is 2.65. The molecule has 146 valence electrons. The fourth-order valence-electron chi connectivity index (χ4n) is 5.14. The minimum absolute atomic E-state index is 0.110. The van der Waals surface area contributed by atoms with Crippen LogP contribution in [-0.2, 0) is 6.54 Å². The van der Waals surface area contributed by atoms with Gasteiger partial charge in [0.15, 0.2) is 0 Å². The Morgan fingerprint density at radius 1 is 0.846 bits per heavy atom. The van der Waals surface area contributed by atoms with E-state index in [9.17, 15) is 4.39 Å². The van der Waals surface area contributed by atoms with Crippen LogP contribution in [0.25, 0.3) is 0 Å². The monoisotopic (exact) mass is 359 g/mol. The molecular formula is C24H38FN. The largest absolute Gasteiger partial charge is 0.299 e. The normalized spacial score (nSPS) is 24.9. The van der Waals surface area contributed by atoms with Gasteiger partial charge < -0.3 is 0 Å². The van der Waals surface area contributed by atoms with Gasteiger partial charge in [0.1, 0.15) is 0 Å². The second kappa shape index (κ2) is 9.88. The molecule has 0 heterocycles. The first-order valence-electron chi connectivity index (χ1n) is 11.0. The van der Waals surface area contributed by atoms with Crippen molar-refractivity contribution in [3.8, 4) is 0 Å². The molecule has 0 N–H and O–H groups in total. The molecule has 0 bridgehead atoms. The number of nitrogens with zero attached hydrogens (tertiary/aromatic N) is 1. The average molecular weight is 360 g/mol. The number of halogens is 1. The van der Waals surface area contributed by atoms with E-state index in [4.69, 9.17) is 0 Å². The van der Waals surface area contributed by atoms with E-state index in [0.717, 1.165) is 31.2 Å². The highest BCUT2D eigenvalue weighted by Crippen LogP contribution is 2.31. The van der Waals surface area contributed by atoms with E-state index >= 15 is 0 Å². The molecule has 26 heavy (non-hydrogen) atoms. The van der Waals surface area contributed by atoms with Gasteiger partial charge in [-0.1, -0.05) is 43.0 Å². The summed E-state index contributed by atoms with van der Waals surface area (Å²) in [7, 11) is 0. The second-order valence-electron chi connectivity index (χ2n) is 9.17. The molecule has 0 aromatic heterocycles. The lowest BCUT2D eigenvalue weighted by molar-refractivity contribution is 0.137. The van der Waals surface area contributed by atoms with Crippen LogP contribution in [0, 0.1) is 31.6 Å². The van der Waals surface area contributed by atoms with Crippen LogP contribution >= 0.6 is 0 Å². The maximum absolute atomic E-state index is 12.9. The SMILES string of the molecule is Cc1ccc(CN(CC2CCCCC2)CC2CCC(CF)CC2)c(C)c1. The van der Waals surface area contributed by atoms with Crippen LogP contribution in [0.15, 0.2) is 18.2 Å². The predicted molar refractivity (Wildman–Crippen MR) is 109 cm³/mol. The molecule has 2 heteroatoms. The van der Waals surface area contributed by atoms with Crippen molar-refractivity contribution in [1.82, 2.24) is 4.90 Å². The number of alkyl halides is 1. The third kappa shape index (κ3) is 5.81. The molecule has 2 saturated carbocycles. The van der Waals surface area contributed by atoms with Gasteiger partial charge in [0.2, 0.25) is 0 Å². The zero-order valence-corrected chi connectivity index (χ0v) is 17.0. The van der Waals surface area contributed by atoms with Crippen LogP contribution in [0.1, 0.15) is 74.5 Å². The lowest BCUT2D eigenvalue weighted by atomic mass is 9.82. The second-order valence-corrected chi connectivity index (χ2v) is 9.17. The molecule has 0 aliphatic heterocycles. The molecule has 0 unspecified atom stereocenters. The molecular weight excluding hydrogens is 321 g/mol. The molecule has 0 radical (unpaired) electrons. The van der Waals surface area contributed by atoms with Crippen LogP contribution < -0.4 is 0 Å². The zero-order chi connectivity index (χ0) is 18.4. The maximum atomic E-state index is 12.9. The molecule has 2 aliphatic rings. The molecule has 2 fully saturated rings. The Morgan fingerprint density at radius 3 is 2.08 bits per heavy atom. The summed E-state index contributed by atoms with van der Waals surface area (Å²) in [5, 5.41) is 0. The quantitative estimate of drug-likeness (QED) is 0.540. The number of hydrogen-bond donors (Lipinski definition) is 0. The Labute approximate surface area is 160 Å². The number of hydrogen-bond acceptors (Lipinski definition) is 1. The summed E-state index contributed by atoms with van der Waals surface area (Å²) in [4.78, 5) is 2.74. The Hall–Kier alpha value is -0.890. The van der Waals surface area contributed by atoms with Crippen LogP contribution in [0.5, 0.6) is 0 Å². The minimum atomic E-state index is -0.110. The summed E-state index contributed by atoms with van der Waals surface area (Å²) in [6, 6.07) is 6.91.